The molecule has 0 saturated heterocycles. The lowest BCUT2D eigenvalue weighted by Crippen LogP contribution is -2.21. The summed E-state index contributed by atoms with van der Waals surface area (Å²) in [6.07, 6.45) is 1.07. The van der Waals surface area contributed by atoms with E-state index in [2.05, 4.69) is 46.5 Å². The van der Waals surface area contributed by atoms with Gasteiger partial charge in [0, 0.05) is 13.1 Å². The van der Waals surface area contributed by atoms with E-state index in [1.54, 1.807) is 6.07 Å². The second-order valence-corrected chi connectivity index (χ2v) is 5.24. The molecule has 0 aliphatic carbocycles. The summed E-state index contributed by atoms with van der Waals surface area (Å²) < 4.78 is 0. The SMILES string of the molecule is CN(CCCNc1cccc(Cl)n1)Cc1ccccc1. The highest BCUT2D eigenvalue weighted by molar-refractivity contribution is 6.29. The van der Waals surface area contributed by atoms with Crippen molar-refractivity contribution in [2.45, 2.75) is 13.0 Å². The molecular formula is C16H20ClN3. The Balaban J connectivity index is 1.66. The second kappa shape index (κ2) is 7.88. The minimum Gasteiger partial charge on any atom is -0.370 e. The first-order valence-electron chi connectivity index (χ1n) is 6.83. The van der Waals surface area contributed by atoms with Crippen LogP contribution >= 0.6 is 11.6 Å². The van der Waals surface area contributed by atoms with Gasteiger partial charge >= 0.3 is 0 Å². The molecule has 106 valence electrons. The highest BCUT2D eigenvalue weighted by Crippen LogP contribution is 2.09. The molecule has 20 heavy (non-hydrogen) atoms. The molecule has 2 aromatic rings. The van der Waals surface area contributed by atoms with Gasteiger partial charge in [0.05, 0.1) is 0 Å². The predicted molar refractivity (Wildman–Crippen MR) is 85.1 cm³/mol. The molecule has 0 bridgehead atoms. The number of anilines is 1. The number of benzene rings is 1. The van der Waals surface area contributed by atoms with Gasteiger partial charge in [0.15, 0.2) is 0 Å². The lowest BCUT2D eigenvalue weighted by molar-refractivity contribution is 0.325. The van der Waals surface area contributed by atoms with Gasteiger partial charge in [-0.1, -0.05) is 48.0 Å². The van der Waals surface area contributed by atoms with Crippen molar-refractivity contribution in [1.82, 2.24) is 9.88 Å². The van der Waals surface area contributed by atoms with Gasteiger partial charge in [-0.15, -0.1) is 0 Å². The van der Waals surface area contributed by atoms with Crippen LogP contribution in [0.5, 0.6) is 0 Å². The van der Waals surface area contributed by atoms with Crippen LogP contribution < -0.4 is 5.32 Å². The summed E-state index contributed by atoms with van der Waals surface area (Å²) in [7, 11) is 2.14. The highest BCUT2D eigenvalue weighted by Gasteiger charge is 2.00. The fourth-order valence-electron chi connectivity index (χ4n) is 2.05. The van der Waals surface area contributed by atoms with Gasteiger partial charge in [-0.05, 0) is 37.7 Å². The van der Waals surface area contributed by atoms with Crippen LogP contribution in [0.3, 0.4) is 0 Å². The standard InChI is InChI=1S/C16H20ClN3/c1-20(13-14-7-3-2-4-8-14)12-6-11-18-16-10-5-9-15(17)19-16/h2-5,7-10H,6,11-13H2,1H3,(H,18,19). The number of rotatable bonds is 7. The molecule has 0 atom stereocenters. The molecule has 2 rings (SSSR count). The average Bonchev–Trinajstić information content (AvgIpc) is 2.45. The van der Waals surface area contributed by atoms with Crippen molar-refractivity contribution < 1.29 is 0 Å². The maximum absolute atomic E-state index is 5.84. The van der Waals surface area contributed by atoms with E-state index in [1.165, 1.54) is 5.56 Å². The van der Waals surface area contributed by atoms with Crippen molar-refractivity contribution in [2.24, 2.45) is 0 Å². The molecule has 0 saturated carbocycles. The summed E-state index contributed by atoms with van der Waals surface area (Å²) in [6, 6.07) is 16.1. The summed E-state index contributed by atoms with van der Waals surface area (Å²) in [6.45, 7) is 2.92. The Bertz CT molecular complexity index is 516. The van der Waals surface area contributed by atoms with Crippen molar-refractivity contribution >= 4 is 17.4 Å². The first-order chi connectivity index (χ1) is 9.74. The largest absolute Gasteiger partial charge is 0.370 e. The molecule has 0 spiro atoms. The van der Waals surface area contributed by atoms with Crippen molar-refractivity contribution in [1.29, 1.82) is 0 Å². The smallest absolute Gasteiger partial charge is 0.131 e. The Labute approximate surface area is 125 Å². The Morgan fingerprint density at radius 2 is 1.90 bits per heavy atom. The fraction of sp³-hybridized carbons (Fsp3) is 0.312. The molecule has 1 heterocycles. The monoisotopic (exact) mass is 289 g/mol. The van der Waals surface area contributed by atoms with Crippen LogP contribution in [0, 0.1) is 0 Å². The maximum atomic E-state index is 5.84. The third kappa shape index (κ3) is 5.19. The quantitative estimate of drug-likeness (QED) is 0.623. The third-order valence-electron chi connectivity index (χ3n) is 3.03. The van der Waals surface area contributed by atoms with E-state index >= 15 is 0 Å². The number of pyridine rings is 1. The van der Waals surface area contributed by atoms with Crippen LogP contribution in [-0.4, -0.2) is 30.0 Å². The molecule has 0 aliphatic heterocycles. The lowest BCUT2D eigenvalue weighted by Gasteiger charge is -2.16. The van der Waals surface area contributed by atoms with Crippen molar-refractivity contribution in [2.75, 3.05) is 25.5 Å². The molecule has 0 amide bonds. The van der Waals surface area contributed by atoms with E-state index in [9.17, 15) is 0 Å². The summed E-state index contributed by atoms with van der Waals surface area (Å²) in [5, 5.41) is 3.81. The van der Waals surface area contributed by atoms with E-state index in [-0.39, 0.29) is 0 Å². The number of hydrogen-bond donors (Lipinski definition) is 1. The summed E-state index contributed by atoms with van der Waals surface area (Å²) in [5.41, 5.74) is 1.35. The number of aromatic nitrogens is 1. The zero-order chi connectivity index (χ0) is 14.2. The molecule has 0 unspecified atom stereocenters. The van der Waals surface area contributed by atoms with E-state index in [4.69, 9.17) is 11.6 Å². The van der Waals surface area contributed by atoms with Gasteiger partial charge in [-0.2, -0.15) is 0 Å². The molecule has 0 aliphatic rings. The summed E-state index contributed by atoms with van der Waals surface area (Å²) in [5.74, 6) is 0.836. The minimum atomic E-state index is 0.524. The second-order valence-electron chi connectivity index (χ2n) is 4.85. The number of nitrogens with zero attached hydrogens (tertiary/aromatic N) is 2. The normalized spacial score (nSPS) is 10.8. The Hall–Kier alpha value is -1.58. The van der Waals surface area contributed by atoms with Gasteiger partial charge in [0.2, 0.25) is 0 Å². The zero-order valence-corrected chi connectivity index (χ0v) is 12.5. The van der Waals surface area contributed by atoms with Gasteiger partial charge < -0.3 is 10.2 Å². The summed E-state index contributed by atoms with van der Waals surface area (Å²) >= 11 is 5.84. The van der Waals surface area contributed by atoms with Gasteiger partial charge in [0.1, 0.15) is 11.0 Å². The van der Waals surface area contributed by atoms with Crippen LogP contribution in [0.2, 0.25) is 5.15 Å². The van der Waals surface area contributed by atoms with Gasteiger partial charge in [-0.3, -0.25) is 0 Å². The van der Waals surface area contributed by atoms with Crippen molar-refractivity contribution in [3.05, 3.63) is 59.2 Å². The van der Waals surface area contributed by atoms with Crippen LogP contribution in [0.4, 0.5) is 5.82 Å². The third-order valence-corrected chi connectivity index (χ3v) is 3.24. The minimum absolute atomic E-state index is 0.524. The molecule has 3 nitrogen and oxygen atoms in total. The van der Waals surface area contributed by atoms with Crippen LogP contribution in [-0.2, 0) is 6.54 Å². The molecule has 4 heteroatoms. The number of nitrogens with one attached hydrogen (secondary N) is 1. The van der Waals surface area contributed by atoms with E-state index in [1.807, 2.05) is 18.2 Å². The van der Waals surface area contributed by atoms with E-state index in [0.717, 1.165) is 31.9 Å². The van der Waals surface area contributed by atoms with Gasteiger partial charge in [-0.25, -0.2) is 4.98 Å². The summed E-state index contributed by atoms with van der Waals surface area (Å²) in [4.78, 5) is 6.52. The van der Waals surface area contributed by atoms with Crippen LogP contribution in [0.25, 0.3) is 0 Å². The Kier molecular flexibility index (Phi) is 5.84. The van der Waals surface area contributed by atoms with Gasteiger partial charge in [0.25, 0.3) is 0 Å². The van der Waals surface area contributed by atoms with E-state index in [0.29, 0.717) is 5.15 Å². The highest BCUT2D eigenvalue weighted by atomic mass is 35.5. The first-order valence-corrected chi connectivity index (χ1v) is 7.21. The Morgan fingerprint density at radius 3 is 2.65 bits per heavy atom. The number of halogens is 1. The van der Waals surface area contributed by atoms with Crippen LogP contribution in [0.1, 0.15) is 12.0 Å². The van der Waals surface area contributed by atoms with Crippen LogP contribution in [0.15, 0.2) is 48.5 Å². The first kappa shape index (κ1) is 14.8. The topological polar surface area (TPSA) is 28.2 Å². The maximum Gasteiger partial charge on any atom is 0.131 e. The molecular weight excluding hydrogens is 270 g/mol. The lowest BCUT2D eigenvalue weighted by atomic mass is 10.2. The molecule has 1 aromatic carbocycles. The molecule has 1 N–H and O–H groups in total. The molecule has 1 aromatic heterocycles. The van der Waals surface area contributed by atoms with Crippen molar-refractivity contribution in [3.8, 4) is 0 Å². The predicted octanol–water partition coefficient (Wildman–Crippen LogP) is 3.67. The fourth-order valence-corrected chi connectivity index (χ4v) is 2.21. The molecule has 0 fully saturated rings. The van der Waals surface area contributed by atoms with E-state index < -0.39 is 0 Å². The average molecular weight is 290 g/mol. The Morgan fingerprint density at radius 1 is 1.10 bits per heavy atom. The zero-order valence-electron chi connectivity index (χ0n) is 11.7. The number of hydrogen-bond acceptors (Lipinski definition) is 3. The molecule has 0 radical (unpaired) electrons. The van der Waals surface area contributed by atoms with Crippen molar-refractivity contribution in [3.63, 3.8) is 0 Å².